The number of rotatable bonds is 9. The molecule has 0 aliphatic heterocycles. The van der Waals surface area contributed by atoms with Gasteiger partial charge in [-0.25, -0.2) is 0 Å². The molecule has 1 aromatic carbocycles. The van der Waals surface area contributed by atoms with Crippen LogP contribution in [0.3, 0.4) is 0 Å². The topological polar surface area (TPSA) is 65.5 Å². The molecule has 0 aliphatic carbocycles. The van der Waals surface area contributed by atoms with E-state index in [2.05, 4.69) is 20.9 Å². The van der Waals surface area contributed by atoms with Crippen molar-refractivity contribution in [1.29, 1.82) is 0 Å². The third kappa shape index (κ3) is 11.5. The molecular formula is C17H28ClIN4OS. The van der Waals surface area contributed by atoms with Crippen molar-refractivity contribution < 1.29 is 4.79 Å². The molecule has 25 heavy (non-hydrogen) atoms. The number of carbonyl (C=O) groups excluding carboxylic acids is 1. The van der Waals surface area contributed by atoms with Gasteiger partial charge >= 0.3 is 0 Å². The zero-order chi connectivity index (χ0) is 17.8. The molecule has 0 saturated heterocycles. The Labute approximate surface area is 177 Å². The van der Waals surface area contributed by atoms with Crippen molar-refractivity contribution in [3.63, 3.8) is 0 Å². The number of hydrogen-bond acceptors (Lipinski definition) is 3. The molecule has 0 aromatic heterocycles. The number of thioether (sulfide) groups is 1. The van der Waals surface area contributed by atoms with Gasteiger partial charge in [0, 0.05) is 41.2 Å². The second-order valence-corrected chi connectivity index (χ2v) is 7.04. The van der Waals surface area contributed by atoms with Crippen LogP contribution >= 0.6 is 47.3 Å². The number of guanidine groups is 1. The molecule has 1 rings (SSSR count). The molecule has 0 heterocycles. The highest BCUT2D eigenvalue weighted by Gasteiger charge is 2.04. The molecular weight excluding hydrogens is 471 g/mol. The standard InChI is InChI=1S/C17H27ClN4OS.HI/c1-4-19-17(21-10-9-20-16(23)13(2)3)22-11-12-24-15-7-5-14(18)6-8-15;/h5-8,13H,4,9-12H2,1-3H3,(H,20,23)(H2,19,21,22);1H. The summed E-state index contributed by atoms with van der Waals surface area (Å²) in [4.78, 5) is 17.1. The molecule has 1 aromatic rings. The lowest BCUT2D eigenvalue weighted by Gasteiger charge is -2.11. The Balaban J connectivity index is 0.00000576. The smallest absolute Gasteiger partial charge is 0.222 e. The lowest BCUT2D eigenvalue weighted by atomic mass is 10.2. The fraction of sp³-hybridized carbons (Fsp3) is 0.529. The Hall–Kier alpha value is -0.670. The molecule has 0 saturated carbocycles. The van der Waals surface area contributed by atoms with Gasteiger partial charge in [0.15, 0.2) is 5.96 Å². The molecule has 1 amide bonds. The largest absolute Gasteiger partial charge is 0.357 e. The van der Waals surface area contributed by atoms with E-state index in [1.54, 1.807) is 11.8 Å². The summed E-state index contributed by atoms with van der Waals surface area (Å²) < 4.78 is 0. The highest BCUT2D eigenvalue weighted by molar-refractivity contribution is 14.0. The number of aliphatic imine (C=N–C) groups is 1. The minimum atomic E-state index is 0. The highest BCUT2D eigenvalue weighted by Crippen LogP contribution is 2.19. The van der Waals surface area contributed by atoms with Crippen LogP contribution in [0.15, 0.2) is 34.2 Å². The maximum Gasteiger partial charge on any atom is 0.222 e. The molecule has 0 unspecified atom stereocenters. The van der Waals surface area contributed by atoms with Crippen molar-refractivity contribution in [3.05, 3.63) is 29.3 Å². The van der Waals surface area contributed by atoms with Gasteiger partial charge in [0.2, 0.25) is 5.91 Å². The number of amides is 1. The number of nitrogens with one attached hydrogen (secondary N) is 3. The fourth-order valence-corrected chi connectivity index (χ4v) is 2.66. The van der Waals surface area contributed by atoms with Crippen LogP contribution in [0, 0.1) is 5.92 Å². The van der Waals surface area contributed by atoms with Gasteiger partial charge in [0.05, 0.1) is 6.54 Å². The summed E-state index contributed by atoms with van der Waals surface area (Å²) in [6, 6.07) is 7.83. The predicted molar refractivity (Wildman–Crippen MR) is 119 cm³/mol. The quantitative estimate of drug-likeness (QED) is 0.161. The summed E-state index contributed by atoms with van der Waals surface area (Å²) in [7, 11) is 0. The molecule has 142 valence electrons. The third-order valence-electron chi connectivity index (χ3n) is 3.03. The first-order chi connectivity index (χ1) is 11.5. The van der Waals surface area contributed by atoms with Crippen molar-refractivity contribution in [2.75, 3.05) is 31.9 Å². The zero-order valence-corrected chi connectivity index (χ0v) is 18.9. The second-order valence-electron chi connectivity index (χ2n) is 5.44. The summed E-state index contributed by atoms with van der Waals surface area (Å²) in [6.45, 7) is 8.49. The van der Waals surface area contributed by atoms with Gasteiger partial charge in [-0.1, -0.05) is 25.4 Å². The summed E-state index contributed by atoms with van der Waals surface area (Å²) in [5.74, 6) is 1.76. The lowest BCUT2D eigenvalue weighted by Crippen LogP contribution is -2.39. The normalized spacial score (nSPS) is 11.0. The van der Waals surface area contributed by atoms with Gasteiger partial charge in [0.25, 0.3) is 0 Å². The number of carbonyl (C=O) groups is 1. The Kier molecular flexibility index (Phi) is 14.1. The molecule has 8 heteroatoms. The summed E-state index contributed by atoms with van der Waals surface area (Å²) >= 11 is 7.64. The predicted octanol–water partition coefficient (Wildman–Crippen LogP) is 3.38. The van der Waals surface area contributed by atoms with Crippen LogP contribution in [-0.4, -0.2) is 43.8 Å². The van der Waals surface area contributed by atoms with E-state index in [1.165, 1.54) is 4.90 Å². The fourth-order valence-electron chi connectivity index (χ4n) is 1.76. The molecule has 0 bridgehead atoms. The van der Waals surface area contributed by atoms with Crippen molar-refractivity contribution in [2.24, 2.45) is 10.9 Å². The van der Waals surface area contributed by atoms with Crippen molar-refractivity contribution >= 4 is 59.2 Å². The van der Waals surface area contributed by atoms with Crippen LogP contribution < -0.4 is 16.0 Å². The van der Waals surface area contributed by atoms with Gasteiger partial charge in [-0.3, -0.25) is 9.79 Å². The number of hydrogen-bond donors (Lipinski definition) is 3. The number of nitrogens with zero attached hydrogens (tertiary/aromatic N) is 1. The van der Waals surface area contributed by atoms with Gasteiger partial charge in [-0.2, -0.15) is 0 Å². The van der Waals surface area contributed by atoms with Crippen LogP contribution in [0.4, 0.5) is 0 Å². The number of benzene rings is 1. The van der Waals surface area contributed by atoms with Gasteiger partial charge in [-0.05, 0) is 31.2 Å². The number of halogens is 2. The van der Waals surface area contributed by atoms with E-state index in [1.807, 2.05) is 45.0 Å². The van der Waals surface area contributed by atoms with E-state index in [9.17, 15) is 4.79 Å². The minimum absolute atomic E-state index is 0. The van der Waals surface area contributed by atoms with E-state index in [0.29, 0.717) is 13.1 Å². The Morgan fingerprint density at radius 1 is 1.16 bits per heavy atom. The molecule has 0 spiro atoms. The van der Waals surface area contributed by atoms with E-state index in [0.717, 1.165) is 29.8 Å². The average molecular weight is 499 g/mol. The first kappa shape index (κ1) is 24.3. The Bertz CT molecular complexity index is 526. The summed E-state index contributed by atoms with van der Waals surface area (Å²) in [6.07, 6.45) is 0. The molecule has 0 radical (unpaired) electrons. The average Bonchev–Trinajstić information content (AvgIpc) is 2.56. The Morgan fingerprint density at radius 2 is 1.84 bits per heavy atom. The van der Waals surface area contributed by atoms with Crippen LogP contribution in [0.5, 0.6) is 0 Å². The molecule has 0 aliphatic rings. The summed E-state index contributed by atoms with van der Waals surface area (Å²) in [5, 5.41) is 10.1. The maximum absolute atomic E-state index is 11.5. The van der Waals surface area contributed by atoms with Crippen LogP contribution in [0.1, 0.15) is 20.8 Å². The van der Waals surface area contributed by atoms with E-state index >= 15 is 0 Å². The SMILES string of the molecule is CCNC(=NCCNC(=O)C(C)C)NCCSc1ccc(Cl)cc1.I. The third-order valence-corrected chi connectivity index (χ3v) is 4.29. The van der Waals surface area contributed by atoms with Gasteiger partial charge in [-0.15, -0.1) is 35.7 Å². The van der Waals surface area contributed by atoms with Crippen LogP contribution in [-0.2, 0) is 4.79 Å². The zero-order valence-electron chi connectivity index (χ0n) is 15.0. The molecule has 0 fully saturated rings. The monoisotopic (exact) mass is 498 g/mol. The van der Waals surface area contributed by atoms with Crippen LogP contribution in [0.2, 0.25) is 5.02 Å². The maximum atomic E-state index is 11.5. The van der Waals surface area contributed by atoms with Crippen molar-refractivity contribution in [3.8, 4) is 0 Å². The lowest BCUT2D eigenvalue weighted by molar-refractivity contribution is -0.123. The van der Waals surface area contributed by atoms with Crippen molar-refractivity contribution in [2.45, 2.75) is 25.7 Å². The van der Waals surface area contributed by atoms with Crippen LogP contribution in [0.25, 0.3) is 0 Å². The summed E-state index contributed by atoms with van der Waals surface area (Å²) in [5.41, 5.74) is 0. The Morgan fingerprint density at radius 3 is 2.44 bits per heavy atom. The molecule has 3 N–H and O–H groups in total. The minimum Gasteiger partial charge on any atom is -0.357 e. The van der Waals surface area contributed by atoms with E-state index < -0.39 is 0 Å². The highest BCUT2D eigenvalue weighted by atomic mass is 127. The van der Waals surface area contributed by atoms with E-state index in [4.69, 9.17) is 11.6 Å². The van der Waals surface area contributed by atoms with E-state index in [-0.39, 0.29) is 35.8 Å². The van der Waals surface area contributed by atoms with Crippen molar-refractivity contribution in [1.82, 2.24) is 16.0 Å². The van der Waals surface area contributed by atoms with Gasteiger partial charge < -0.3 is 16.0 Å². The molecule has 5 nitrogen and oxygen atoms in total. The first-order valence-corrected chi connectivity index (χ1v) is 9.57. The molecule has 0 atom stereocenters. The second kappa shape index (κ2) is 14.5. The first-order valence-electron chi connectivity index (χ1n) is 8.21. The van der Waals surface area contributed by atoms with Gasteiger partial charge in [0.1, 0.15) is 0 Å².